The van der Waals surface area contributed by atoms with Gasteiger partial charge in [-0.25, -0.2) is 4.39 Å². The molecule has 7 heteroatoms. The molecule has 0 saturated carbocycles. The van der Waals surface area contributed by atoms with Crippen LogP contribution in [0.4, 0.5) is 23.2 Å². The molecule has 0 aliphatic carbocycles. The summed E-state index contributed by atoms with van der Waals surface area (Å²) < 4.78 is 55.6. The van der Waals surface area contributed by atoms with E-state index in [1.54, 1.807) is 0 Å². The molecule has 0 bridgehead atoms. The van der Waals surface area contributed by atoms with Crippen LogP contribution >= 0.6 is 11.6 Å². The number of hydrogen-bond acceptors (Lipinski definition) is 2. The highest BCUT2D eigenvalue weighted by molar-refractivity contribution is 6.32. The van der Waals surface area contributed by atoms with Gasteiger partial charge >= 0.3 is 6.18 Å². The van der Waals surface area contributed by atoms with Gasteiger partial charge in [-0.15, -0.1) is 0 Å². The molecule has 2 N–H and O–H groups in total. The smallest absolute Gasteiger partial charge is 0.416 e. The summed E-state index contributed by atoms with van der Waals surface area (Å²) in [7, 11) is 0. The highest BCUT2D eigenvalue weighted by atomic mass is 35.5. The van der Waals surface area contributed by atoms with Gasteiger partial charge in [0.2, 0.25) is 0 Å². The molecule has 0 saturated heterocycles. The van der Waals surface area contributed by atoms with E-state index in [1.165, 1.54) is 6.07 Å². The molecule has 2 aromatic rings. The Morgan fingerprint density at radius 3 is 2.20 bits per heavy atom. The van der Waals surface area contributed by atoms with Crippen molar-refractivity contribution < 1.29 is 22.3 Å². The van der Waals surface area contributed by atoms with E-state index >= 15 is 0 Å². The molecule has 2 aromatic carbocycles. The van der Waals surface area contributed by atoms with E-state index in [1.807, 2.05) is 0 Å². The molecular formula is C13H8ClF4NO. The van der Waals surface area contributed by atoms with E-state index in [-0.39, 0.29) is 22.2 Å². The maximum Gasteiger partial charge on any atom is 0.416 e. The molecule has 0 aromatic heterocycles. The Balaban J connectivity index is 2.30. The first-order valence-electron chi connectivity index (χ1n) is 5.37. The van der Waals surface area contributed by atoms with Gasteiger partial charge in [-0.3, -0.25) is 0 Å². The van der Waals surface area contributed by atoms with Crippen molar-refractivity contribution in [3.05, 3.63) is 52.8 Å². The minimum Gasteiger partial charge on any atom is -0.454 e. The van der Waals surface area contributed by atoms with Crippen LogP contribution in [0.15, 0.2) is 36.4 Å². The van der Waals surface area contributed by atoms with Crippen LogP contribution in [0, 0.1) is 5.82 Å². The Morgan fingerprint density at radius 1 is 1.00 bits per heavy atom. The van der Waals surface area contributed by atoms with Crippen LogP contribution in [0.3, 0.4) is 0 Å². The van der Waals surface area contributed by atoms with Crippen molar-refractivity contribution in [2.75, 3.05) is 5.73 Å². The van der Waals surface area contributed by atoms with Crippen molar-refractivity contribution in [1.29, 1.82) is 0 Å². The molecule has 106 valence electrons. The van der Waals surface area contributed by atoms with Gasteiger partial charge in [0, 0.05) is 0 Å². The minimum atomic E-state index is -4.49. The maximum absolute atomic E-state index is 12.9. The first kappa shape index (κ1) is 14.5. The summed E-state index contributed by atoms with van der Waals surface area (Å²) >= 11 is 5.75. The fourth-order valence-corrected chi connectivity index (χ4v) is 1.70. The summed E-state index contributed by atoms with van der Waals surface area (Å²) in [6.07, 6.45) is -4.49. The lowest BCUT2D eigenvalue weighted by atomic mass is 10.2. The van der Waals surface area contributed by atoms with Crippen molar-refractivity contribution in [2.45, 2.75) is 6.18 Å². The molecule has 0 fully saturated rings. The first-order chi connectivity index (χ1) is 9.27. The first-order valence-corrected chi connectivity index (χ1v) is 5.75. The number of nitrogen functional groups attached to an aromatic ring is 1. The van der Waals surface area contributed by atoms with Crippen LogP contribution < -0.4 is 10.5 Å². The van der Waals surface area contributed by atoms with E-state index < -0.39 is 17.6 Å². The molecule has 0 aliphatic heterocycles. The van der Waals surface area contributed by atoms with E-state index in [2.05, 4.69) is 0 Å². The van der Waals surface area contributed by atoms with Gasteiger partial charge in [0.1, 0.15) is 17.3 Å². The molecule has 0 aliphatic rings. The number of benzene rings is 2. The zero-order valence-electron chi connectivity index (χ0n) is 9.84. The molecule has 0 atom stereocenters. The number of nitrogens with two attached hydrogens (primary N) is 1. The van der Waals surface area contributed by atoms with Gasteiger partial charge in [-0.2, -0.15) is 13.2 Å². The Hall–Kier alpha value is -1.95. The molecule has 0 amide bonds. The fourth-order valence-electron chi connectivity index (χ4n) is 1.49. The third-order valence-corrected chi connectivity index (χ3v) is 2.75. The van der Waals surface area contributed by atoms with Crippen LogP contribution in [-0.2, 0) is 6.18 Å². The minimum absolute atomic E-state index is 0.00603. The second-order valence-corrected chi connectivity index (χ2v) is 4.33. The van der Waals surface area contributed by atoms with Crippen molar-refractivity contribution in [1.82, 2.24) is 0 Å². The third-order valence-electron chi connectivity index (χ3n) is 2.45. The molecule has 2 nitrogen and oxygen atoms in total. The number of halogens is 5. The lowest BCUT2D eigenvalue weighted by Crippen LogP contribution is -2.06. The second-order valence-electron chi connectivity index (χ2n) is 3.93. The van der Waals surface area contributed by atoms with E-state index in [0.29, 0.717) is 0 Å². The van der Waals surface area contributed by atoms with Crippen molar-refractivity contribution in [3.63, 3.8) is 0 Å². The summed E-state index contributed by atoms with van der Waals surface area (Å²) in [5.41, 5.74) is 4.43. The highest BCUT2D eigenvalue weighted by Crippen LogP contribution is 2.37. The number of anilines is 1. The highest BCUT2D eigenvalue weighted by Gasteiger charge is 2.31. The zero-order valence-corrected chi connectivity index (χ0v) is 10.6. The van der Waals surface area contributed by atoms with Gasteiger partial charge < -0.3 is 10.5 Å². The average Bonchev–Trinajstić information content (AvgIpc) is 2.33. The summed E-state index contributed by atoms with van der Waals surface area (Å²) in [5.74, 6) is -0.450. The maximum atomic E-state index is 12.9. The van der Waals surface area contributed by atoms with Crippen molar-refractivity contribution >= 4 is 17.3 Å². The van der Waals surface area contributed by atoms with Crippen LogP contribution in [0.5, 0.6) is 11.5 Å². The lowest BCUT2D eigenvalue weighted by Gasteiger charge is -2.12. The molecule has 0 unspecified atom stereocenters. The van der Waals surface area contributed by atoms with E-state index in [0.717, 1.165) is 30.3 Å². The summed E-state index contributed by atoms with van der Waals surface area (Å²) in [5, 5.41) is -0.00991. The van der Waals surface area contributed by atoms with E-state index in [4.69, 9.17) is 22.1 Å². The Labute approximate surface area is 116 Å². The number of ether oxygens (including phenoxy) is 1. The Bertz CT molecular complexity index is 643. The van der Waals surface area contributed by atoms with Gasteiger partial charge in [0.15, 0.2) is 0 Å². The molecule has 20 heavy (non-hydrogen) atoms. The predicted molar refractivity (Wildman–Crippen MR) is 67.3 cm³/mol. The third kappa shape index (κ3) is 3.14. The van der Waals surface area contributed by atoms with Gasteiger partial charge in [0.05, 0.1) is 16.3 Å². The zero-order chi connectivity index (χ0) is 14.9. The topological polar surface area (TPSA) is 35.2 Å². The number of hydrogen-bond donors (Lipinski definition) is 1. The van der Waals surface area contributed by atoms with Crippen LogP contribution in [0.2, 0.25) is 5.02 Å². The lowest BCUT2D eigenvalue weighted by molar-refractivity contribution is -0.137. The van der Waals surface area contributed by atoms with Crippen molar-refractivity contribution in [3.8, 4) is 11.5 Å². The molecule has 0 spiro atoms. The molecule has 0 heterocycles. The Kier molecular flexibility index (Phi) is 3.76. The van der Waals surface area contributed by atoms with Crippen LogP contribution in [-0.4, -0.2) is 0 Å². The fraction of sp³-hybridized carbons (Fsp3) is 0.0769. The van der Waals surface area contributed by atoms with Crippen LogP contribution in [0.25, 0.3) is 0 Å². The predicted octanol–water partition coefficient (Wildman–Crippen LogP) is 4.87. The molecule has 2 rings (SSSR count). The number of rotatable bonds is 2. The number of alkyl halides is 3. The standard InChI is InChI=1S/C13H8ClF4NO/c14-9-6-8(15)2-4-11(9)20-12-3-1-7(5-10(12)19)13(16,17)18/h1-6H,19H2. The monoisotopic (exact) mass is 305 g/mol. The molecular weight excluding hydrogens is 298 g/mol. The largest absolute Gasteiger partial charge is 0.454 e. The average molecular weight is 306 g/mol. The van der Waals surface area contributed by atoms with Gasteiger partial charge in [-0.1, -0.05) is 11.6 Å². The van der Waals surface area contributed by atoms with Crippen molar-refractivity contribution in [2.24, 2.45) is 0 Å². The summed E-state index contributed by atoms with van der Waals surface area (Å²) in [6, 6.07) is 6.07. The molecule has 0 radical (unpaired) electrons. The van der Waals surface area contributed by atoms with E-state index in [9.17, 15) is 17.6 Å². The van der Waals surface area contributed by atoms with Gasteiger partial charge in [0.25, 0.3) is 0 Å². The second kappa shape index (κ2) is 5.20. The normalized spacial score (nSPS) is 11.4. The quantitative estimate of drug-likeness (QED) is 0.634. The van der Waals surface area contributed by atoms with Crippen LogP contribution in [0.1, 0.15) is 5.56 Å². The SMILES string of the molecule is Nc1cc(C(F)(F)F)ccc1Oc1ccc(F)cc1Cl. The summed E-state index contributed by atoms with van der Waals surface area (Å²) in [4.78, 5) is 0. The van der Waals surface area contributed by atoms with Gasteiger partial charge in [-0.05, 0) is 36.4 Å². The summed E-state index contributed by atoms with van der Waals surface area (Å²) in [6.45, 7) is 0. The Morgan fingerprint density at radius 2 is 1.65 bits per heavy atom.